The molecule has 0 spiro atoms. The number of rotatable bonds is 3. The largest absolute Gasteiger partial charge is 0.393 e. The molecule has 1 fully saturated rings. The topological polar surface area (TPSA) is 95.2 Å². The number of hydrogen-bond acceptors (Lipinski definition) is 8. The average Bonchev–Trinajstić information content (AvgIpc) is 3.21. The highest BCUT2D eigenvalue weighted by molar-refractivity contribution is 5.84. The Morgan fingerprint density at radius 1 is 0.971 bits per heavy atom. The second-order valence-corrected chi connectivity index (χ2v) is 8.77. The summed E-state index contributed by atoms with van der Waals surface area (Å²) in [6.45, 7) is 3.69. The van der Waals surface area contributed by atoms with Crippen LogP contribution in [0, 0.1) is 6.92 Å². The molecule has 0 radical (unpaired) electrons. The summed E-state index contributed by atoms with van der Waals surface area (Å²) in [7, 11) is 2.01. The first-order valence-electron chi connectivity index (χ1n) is 11.5. The Labute approximate surface area is 197 Å². The number of aromatic nitrogens is 5. The van der Waals surface area contributed by atoms with Gasteiger partial charge in [-0.25, -0.2) is 4.98 Å². The van der Waals surface area contributed by atoms with Gasteiger partial charge in [-0.1, -0.05) is 12.1 Å². The number of benzene rings is 2. The van der Waals surface area contributed by atoms with Crippen molar-refractivity contribution < 1.29 is 5.11 Å². The zero-order chi connectivity index (χ0) is 23.2. The predicted octanol–water partition coefficient (Wildman–Crippen LogP) is 3.82. The number of aliphatic hydroxyl groups is 1. The first-order valence-corrected chi connectivity index (χ1v) is 11.5. The smallest absolute Gasteiger partial charge is 0.229 e. The second kappa shape index (κ2) is 8.11. The molecule has 1 saturated heterocycles. The summed E-state index contributed by atoms with van der Waals surface area (Å²) in [5.74, 6) is 2.86. The number of piperidine rings is 1. The standard InChI is InChI=1S/C25H26N8O/c1-16-29-30-23-20-5-3-4-6-21(20)31(2)24-22(33(16)23)15-26-25(28-24)27-17-7-9-18(10-8-17)32-13-11-19(34)12-14-32/h3-10,15,19,34H,11-14H2,1-2H3,(H,26,27,28). The average molecular weight is 455 g/mol. The summed E-state index contributed by atoms with van der Waals surface area (Å²) < 4.78 is 2.01. The molecule has 34 heavy (non-hydrogen) atoms. The maximum absolute atomic E-state index is 9.75. The van der Waals surface area contributed by atoms with Crippen molar-refractivity contribution in [1.82, 2.24) is 24.7 Å². The molecule has 0 aliphatic carbocycles. The van der Waals surface area contributed by atoms with Crippen molar-refractivity contribution in [3.05, 3.63) is 60.6 Å². The van der Waals surface area contributed by atoms with Gasteiger partial charge in [-0.05, 0) is 56.2 Å². The van der Waals surface area contributed by atoms with E-state index in [-0.39, 0.29) is 6.10 Å². The summed E-state index contributed by atoms with van der Waals surface area (Å²) in [6.07, 6.45) is 3.27. The molecule has 0 amide bonds. The Kier molecular flexibility index (Phi) is 4.91. The van der Waals surface area contributed by atoms with E-state index in [0.29, 0.717) is 5.95 Å². The molecule has 6 rings (SSSR count). The Hall–Kier alpha value is -3.98. The van der Waals surface area contributed by atoms with Crippen LogP contribution in [0.4, 0.5) is 28.8 Å². The van der Waals surface area contributed by atoms with Gasteiger partial charge in [-0.15, -0.1) is 10.2 Å². The number of hydrogen-bond donors (Lipinski definition) is 2. The fourth-order valence-corrected chi connectivity index (χ4v) is 4.73. The monoisotopic (exact) mass is 454 g/mol. The SMILES string of the molecule is Cc1nnc2n1-c1cnc(Nc3ccc(N4CCC(O)CC4)cc3)nc1N(C)c1ccccc1-2. The minimum absolute atomic E-state index is 0.175. The molecule has 0 bridgehead atoms. The van der Waals surface area contributed by atoms with E-state index >= 15 is 0 Å². The van der Waals surface area contributed by atoms with Crippen LogP contribution < -0.4 is 15.1 Å². The van der Waals surface area contributed by atoms with Gasteiger partial charge in [0.05, 0.1) is 18.0 Å². The van der Waals surface area contributed by atoms with Crippen LogP contribution in [0.5, 0.6) is 0 Å². The molecule has 2 aromatic carbocycles. The molecule has 2 aromatic heterocycles. The van der Waals surface area contributed by atoms with Crippen molar-refractivity contribution in [3.8, 4) is 17.1 Å². The zero-order valence-corrected chi connectivity index (χ0v) is 19.2. The van der Waals surface area contributed by atoms with E-state index in [1.807, 2.05) is 49.0 Å². The normalized spacial score (nSPS) is 15.4. The lowest BCUT2D eigenvalue weighted by Crippen LogP contribution is -2.35. The second-order valence-electron chi connectivity index (χ2n) is 8.77. The van der Waals surface area contributed by atoms with Crippen molar-refractivity contribution in [2.45, 2.75) is 25.9 Å². The fraction of sp³-hybridized carbons (Fsp3) is 0.280. The molecule has 2 N–H and O–H groups in total. The van der Waals surface area contributed by atoms with Crippen LogP contribution in [0.25, 0.3) is 17.1 Å². The van der Waals surface area contributed by atoms with E-state index in [9.17, 15) is 5.11 Å². The summed E-state index contributed by atoms with van der Waals surface area (Å²) in [4.78, 5) is 13.9. The Bertz CT molecular complexity index is 1340. The van der Waals surface area contributed by atoms with Gasteiger partial charge in [0.1, 0.15) is 11.5 Å². The third kappa shape index (κ3) is 3.45. The molecule has 0 saturated carbocycles. The number of nitrogens with zero attached hydrogens (tertiary/aromatic N) is 7. The molecule has 9 nitrogen and oxygen atoms in total. The van der Waals surface area contributed by atoms with Crippen LogP contribution in [0.15, 0.2) is 54.7 Å². The minimum atomic E-state index is -0.175. The van der Waals surface area contributed by atoms with Crippen LogP contribution >= 0.6 is 0 Å². The van der Waals surface area contributed by atoms with Crippen molar-refractivity contribution in [3.63, 3.8) is 0 Å². The van der Waals surface area contributed by atoms with Crippen molar-refractivity contribution >= 4 is 28.8 Å². The number of anilines is 5. The molecule has 2 aliphatic rings. The van der Waals surface area contributed by atoms with Crippen LogP contribution in [0.2, 0.25) is 0 Å². The molecule has 2 aliphatic heterocycles. The Balaban J connectivity index is 1.32. The first-order chi connectivity index (χ1) is 16.6. The van der Waals surface area contributed by atoms with Crippen LogP contribution in [0.1, 0.15) is 18.7 Å². The van der Waals surface area contributed by atoms with Gasteiger partial charge < -0.3 is 20.2 Å². The Morgan fingerprint density at radius 2 is 1.74 bits per heavy atom. The number of aryl methyl sites for hydroxylation is 1. The van der Waals surface area contributed by atoms with Crippen molar-refractivity contribution in [1.29, 1.82) is 0 Å². The predicted molar refractivity (Wildman–Crippen MR) is 132 cm³/mol. The van der Waals surface area contributed by atoms with Crippen LogP contribution in [-0.2, 0) is 0 Å². The molecule has 172 valence electrons. The zero-order valence-electron chi connectivity index (χ0n) is 19.2. The maximum Gasteiger partial charge on any atom is 0.229 e. The van der Waals surface area contributed by atoms with Gasteiger partial charge in [-0.2, -0.15) is 4.98 Å². The summed E-state index contributed by atoms with van der Waals surface area (Å²) >= 11 is 0. The summed E-state index contributed by atoms with van der Waals surface area (Å²) in [5.41, 5.74) is 4.92. The highest BCUT2D eigenvalue weighted by atomic mass is 16.3. The molecule has 4 aromatic rings. The molecule has 0 unspecified atom stereocenters. The number of para-hydroxylation sites is 1. The minimum Gasteiger partial charge on any atom is -0.393 e. The van der Waals surface area contributed by atoms with Crippen molar-refractivity contribution in [2.24, 2.45) is 0 Å². The summed E-state index contributed by atoms with van der Waals surface area (Å²) in [5, 5.41) is 21.8. The molecular formula is C25H26N8O. The molecule has 0 atom stereocenters. The van der Waals surface area contributed by atoms with E-state index < -0.39 is 0 Å². The van der Waals surface area contributed by atoms with Gasteiger partial charge >= 0.3 is 0 Å². The summed E-state index contributed by atoms with van der Waals surface area (Å²) in [6, 6.07) is 16.4. The van der Waals surface area contributed by atoms with Gasteiger partial charge in [0.15, 0.2) is 11.6 Å². The van der Waals surface area contributed by atoms with Gasteiger partial charge in [0.2, 0.25) is 5.95 Å². The van der Waals surface area contributed by atoms with Gasteiger partial charge in [-0.3, -0.25) is 4.57 Å². The first kappa shape index (κ1) is 20.6. The number of aliphatic hydroxyl groups excluding tert-OH is 1. The lowest BCUT2D eigenvalue weighted by Gasteiger charge is -2.31. The number of fused-ring (bicyclic) bond motifs is 5. The van der Waals surface area contributed by atoms with Gasteiger partial charge in [0.25, 0.3) is 0 Å². The highest BCUT2D eigenvalue weighted by Gasteiger charge is 2.27. The highest BCUT2D eigenvalue weighted by Crippen LogP contribution is 2.40. The molecule has 4 heterocycles. The van der Waals surface area contributed by atoms with E-state index in [1.165, 1.54) is 0 Å². The Morgan fingerprint density at radius 3 is 2.53 bits per heavy atom. The van der Waals surface area contributed by atoms with E-state index in [2.05, 4.69) is 54.6 Å². The quantitative estimate of drug-likeness (QED) is 0.482. The van der Waals surface area contributed by atoms with Crippen LogP contribution in [0.3, 0.4) is 0 Å². The number of nitrogens with one attached hydrogen (secondary N) is 1. The third-order valence-corrected chi connectivity index (χ3v) is 6.59. The van der Waals surface area contributed by atoms with Crippen LogP contribution in [-0.4, -0.2) is 56.1 Å². The molecular weight excluding hydrogens is 428 g/mol. The van der Waals surface area contributed by atoms with Gasteiger partial charge in [0, 0.05) is 37.1 Å². The fourth-order valence-electron chi connectivity index (χ4n) is 4.73. The van der Waals surface area contributed by atoms with E-state index in [4.69, 9.17) is 4.98 Å². The lowest BCUT2D eigenvalue weighted by molar-refractivity contribution is 0.145. The lowest BCUT2D eigenvalue weighted by atomic mass is 10.1. The molecule has 9 heteroatoms. The third-order valence-electron chi connectivity index (χ3n) is 6.59. The maximum atomic E-state index is 9.75. The van der Waals surface area contributed by atoms with E-state index in [0.717, 1.165) is 71.7 Å². The van der Waals surface area contributed by atoms with E-state index in [1.54, 1.807) is 0 Å². The van der Waals surface area contributed by atoms with Crippen molar-refractivity contribution in [2.75, 3.05) is 35.3 Å².